The first kappa shape index (κ1) is 6.89. The molecule has 1 saturated carbocycles. The van der Waals surface area contributed by atoms with Gasteiger partial charge in [-0.25, -0.2) is 0 Å². The van der Waals surface area contributed by atoms with Crippen molar-refractivity contribution in [3.63, 3.8) is 0 Å². The lowest BCUT2D eigenvalue weighted by Gasteiger charge is -2.03. The van der Waals surface area contributed by atoms with Crippen molar-refractivity contribution in [1.82, 2.24) is 9.78 Å². The fraction of sp³-hybridized carbons (Fsp3) is 0.667. The van der Waals surface area contributed by atoms with Gasteiger partial charge in [0.1, 0.15) is 0 Å². The SMILES string of the molecule is CC(C)n1ccc(C2CC2)n1. The van der Waals surface area contributed by atoms with E-state index in [-0.39, 0.29) is 0 Å². The molecule has 0 unspecified atom stereocenters. The number of rotatable bonds is 2. The Kier molecular flexibility index (Phi) is 1.48. The summed E-state index contributed by atoms with van der Waals surface area (Å²) in [6.07, 6.45) is 4.77. The lowest BCUT2D eigenvalue weighted by Crippen LogP contribution is -2.01. The first-order chi connectivity index (χ1) is 5.27. The van der Waals surface area contributed by atoms with Crippen LogP contribution in [0.25, 0.3) is 0 Å². The molecule has 1 aromatic rings. The van der Waals surface area contributed by atoms with Crippen LogP contribution in [0, 0.1) is 0 Å². The molecule has 2 rings (SSSR count). The van der Waals surface area contributed by atoms with Crippen molar-refractivity contribution in [3.8, 4) is 0 Å². The van der Waals surface area contributed by atoms with Crippen molar-refractivity contribution in [3.05, 3.63) is 18.0 Å². The van der Waals surface area contributed by atoms with Crippen LogP contribution in [-0.4, -0.2) is 9.78 Å². The second kappa shape index (κ2) is 2.36. The molecule has 0 saturated heterocycles. The fourth-order valence-electron chi connectivity index (χ4n) is 1.24. The van der Waals surface area contributed by atoms with Crippen LogP contribution in [0.15, 0.2) is 12.3 Å². The minimum Gasteiger partial charge on any atom is -0.270 e. The Morgan fingerprint density at radius 3 is 2.73 bits per heavy atom. The van der Waals surface area contributed by atoms with Crippen molar-refractivity contribution in [1.29, 1.82) is 0 Å². The molecule has 0 radical (unpaired) electrons. The van der Waals surface area contributed by atoms with Crippen molar-refractivity contribution in [2.75, 3.05) is 0 Å². The molecule has 0 spiro atoms. The van der Waals surface area contributed by atoms with E-state index in [2.05, 4.69) is 31.2 Å². The first-order valence-corrected chi connectivity index (χ1v) is 4.32. The van der Waals surface area contributed by atoms with Crippen LogP contribution in [0.4, 0.5) is 0 Å². The van der Waals surface area contributed by atoms with E-state index in [1.54, 1.807) is 0 Å². The van der Waals surface area contributed by atoms with E-state index in [0.717, 1.165) is 5.92 Å². The average Bonchev–Trinajstić information content (AvgIpc) is 2.68. The second-order valence-electron chi connectivity index (χ2n) is 3.59. The molecule has 0 N–H and O–H groups in total. The summed E-state index contributed by atoms with van der Waals surface area (Å²) in [5, 5.41) is 4.49. The summed E-state index contributed by atoms with van der Waals surface area (Å²) in [5.74, 6) is 0.787. The smallest absolute Gasteiger partial charge is 0.0655 e. The highest BCUT2D eigenvalue weighted by Crippen LogP contribution is 2.38. The molecule has 1 aliphatic carbocycles. The van der Waals surface area contributed by atoms with Crippen LogP contribution < -0.4 is 0 Å². The Balaban J connectivity index is 2.18. The minimum absolute atomic E-state index is 0.502. The van der Waals surface area contributed by atoms with Crippen molar-refractivity contribution in [2.24, 2.45) is 0 Å². The van der Waals surface area contributed by atoms with E-state index in [4.69, 9.17) is 0 Å². The second-order valence-corrected chi connectivity index (χ2v) is 3.59. The van der Waals surface area contributed by atoms with E-state index in [1.165, 1.54) is 18.5 Å². The van der Waals surface area contributed by atoms with Gasteiger partial charge in [0.15, 0.2) is 0 Å². The van der Waals surface area contributed by atoms with E-state index in [9.17, 15) is 0 Å². The van der Waals surface area contributed by atoms with Crippen molar-refractivity contribution >= 4 is 0 Å². The molecule has 11 heavy (non-hydrogen) atoms. The summed E-state index contributed by atoms with van der Waals surface area (Å²) in [7, 11) is 0. The quantitative estimate of drug-likeness (QED) is 0.632. The van der Waals surface area contributed by atoms with Crippen LogP contribution >= 0.6 is 0 Å². The zero-order valence-electron chi connectivity index (χ0n) is 7.12. The fourth-order valence-corrected chi connectivity index (χ4v) is 1.24. The molecule has 2 nitrogen and oxygen atoms in total. The number of hydrogen-bond acceptors (Lipinski definition) is 1. The van der Waals surface area contributed by atoms with Crippen LogP contribution in [0.2, 0.25) is 0 Å². The Hall–Kier alpha value is -0.790. The number of aromatic nitrogens is 2. The van der Waals surface area contributed by atoms with E-state index < -0.39 is 0 Å². The van der Waals surface area contributed by atoms with Gasteiger partial charge in [0.25, 0.3) is 0 Å². The molecule has 60 valence electrons. The van der Waals surface area contributed by atoms with Crippen LogP contribution in [0.5, 0.6) is 0 Å². The Morgan fingerprint density at radius 1 is 1.55 bits per heavy atom. The molecule has 1 aromatic heterocycles. The molecule has 0 amide bonds. The van der Waals surface area contributed by atoms with Gasteiger partial charge in [-0.05, 0) is 32.8 Å². The van der Waals surface area contributed by atoms with Gasteiger partial charge < -0.3 is 0 Å². The molecule has 0 bridgehead atoms. The molecule has 0 aliphatic heterocycles. The predicted octanol–water partition coefficient (Wildman–Crippen LogP) is 2.34. The zero-order valence-corrected chi connectivity index (χ0v) is 7.12. The zero-order chi connectivity index (χ0) is 7.84. The standard InChI is InChI=1S/C9H14N2/c1-7(2)11-6-5-9(10-11)8-3-4-8/h5-8H,3-4H2,1-2H3. The largest absolute Gasteiger partial charge is 0.270 e. The molecule has 2 heteroatoms. The molecular formula is C9H14N2. The van der Waals surface area contributed by atoms with Gasteiger partial charge in [-0.1, -0.05) is 0 Å². The normalized spacial score (nSPS) is 17.7. The maximum atomic E-state index is 4.49. The van der Waals surface area contributed by atoms with Gasteiger partial charge >= 0.3 is 0 Å². The summed E-state index contributed by atoms with van der Waals surface area (Å²) in [6.45, 7) is 4.31. The molecule has 1 aliphatic rings. The lowest BCUT2D eigenvalue weighted by atomic mass is 10.3. The highest BCUT2D eigenvalue weighted by Gasteiger charge is 2.25. The van der Waals surface area contributed by atoms with Crippen molar-refractivity contribution in [2.45, 2.75) is 38.6 Å². The minimum atomic E-state index is 0.502. The Labute approximate surface area is 67.2 Å². The summed E-state index contributed by atoms with van der Waals surface area (Å²) in [5.41, 5.74) is 1.29. The average molecular weight is 150 g/mol. The van der Waals surface area contributed by atoms with Gasteiger partial charge in [-0.15, -0.1) is 0 Å². The number of nitrogens with zero attached hydrogens (tertiary/aromatic N) is 2. The van der Waals surface area contributed by atoms with Gasteiger partial charge in [0.05, 0.1) is 5.69 Å². The summed E-state index contributed by atoms with van der Waals surface area (Å²) in [4.78, 5) is 0. The highest BCUT2D eigenvalue weighted by molar-refractivity contribution is 5.12. The number of hydrogen-bond donors (Lipinski definition) is 0. The Morgan fingerprint density at radius 2 is 2.27 bits per heavy atom. The molecule has 0 aromatic carbocycles. The van der Waals surface area contributed by atoms with Gasteiger partial charge in [0.2, 0.25) is 0 Å². The lowest BCUT2D eigenvalue weighted by molar-refractivity contribution is 0.526. The Bertz CT molecular complexity index is 229. The van der Waals surface area contributed by atoms with E-state index >= 15 is 0 Å². The van der Waals surface area contributed by atoms with Crippen LogP contribution in [0.3, 0.4) is 0 Å². The van der Waals surface area contributed by atoms with Crippen LogP contribution in [0.1, 0.15) is 44.3 Å². The molecule has 1 fully saturated rings. The third-order valence-corrected chi connectivity index (χ3v) is 2.15. The third kappa shape index (κ3) is 1.30. The van der Waals surface area contributed by atoms with Crippen molar-refractivity contribution < 1.29 is 0 Å². The topological polar surface area (TPSA) is 17.8 Å². The third-order valence-electron chi connectivity index (χ3n) is 2.15. The van der Waals surface area contributed by atoms with E-state index in [1.807, 2.05) is 4.68 Å². The van der Waals surface area contributed by atoms with Gasteiger partial charge in [-0.3, -0.25) is 4.68 Å². The predicted molar refractivity (Wildman–Crippen MR) is 44.6 cm³/mol. The molecular weight excluding hydrogens is 136 g/mol. The maximum absolute atomic E-state index is 4.49. The van der Waals surface area contributed by atoms with E-state index in [0.29, 0.717) is 6.04 Å². The summed E-state index contributed by atoms with van der Waals surface area (Å²) >= 11 is 0. The van der Waals surface area contributed by atoms with Gasteiger partial charge in [0, 0.05) is 18.2 Å². The molecule has 1 heterocycles. The summed E-state index contributed by atoms with van der Waals surface area (Å²) < 4.78 is 2.04. The van der Waals surface area contributed by atoms with Crippen LogP contribution in [-0.2, 0) is 0 Å². The summed E-state index contributed by atoms with van der Waals surface area (Å²) in [6, 6.07) is 2.65. The molecule has 0 atom stereocenters. The monoisotopic (exact) mass is 150 g/mol. The maximum Gasteiger partial charge on any atom is 0.0655 e. The first-order valence-electron chi connectivity index (χ1n) is 4.32. The van der Waals surface area contributed by atoms with Gasteiger partial charge in [-0.2, -0.15) is 5.10 Å². The highest BCUT2D eigenvalue weighted by atomic mass is 15.3.